The number of hydrogen-bond acceptors (Lipinski definition) is 1. The number of hydrogen-bond donors (Lipinski definition) is 2. The number of benzene rings is 2. The first-order valence-corrected chi connectivity index (χ1v) is 7.50. The van der Waals surface area contributed by atoms with Gasteiger partial charge in [0.2, 0.25) is 0 Å². The maximum atomic E-state index is 13.1. The van der Waals surface area contributed by atoms with Gasteiger partial charge in [-0.25, -0.2) is 4.39 Å². The molecule has 0 aliphatic rings. The van der Waals surface area contributed by atoms with Gasteiger partial charge in [-0.2, -0.15) is 0 Å². The summed E-state index contributed by atoms with van der Waals surface area (Å²) in [5.41, 5.74) is 1.54. The molecule has 0 aromatic heterocycles. The lowest BCUT2D eigenvalue weighted by atomic mass is 10.2. The summed E-state index contributed by atoms with van der Waals surface area (Å²) >= 11 is 11.6. The average molecular weight is 342 g/mol. The van der Waals surface area contributed by atoms with E-state index in [1.165, 1.54) is 18.2 Å². The Morgan fingerprint density at radius 3 is 2.68 bits per heavy atom. The standard InChI is InChI=1S/C16H15Cl2FN2O/c1-21(9-11-3-2-4-12(17)7-11)10-16(22)20-13-5-6-15(19)14(18)8-13/h2-8H,9-10H2,1H3,(H,20,22)/p+1. The van der Waals surface area contributed by atoms with Crippen molar-refractivity contribution >= 4 is 34.8 Å². The molecule has 2 aromatic carbocycles. The van der Waals surface area contributed by atoms with E-state index in [-0.39, 0.29) is 17.5 Å². The van der Waals surface area contributed by atoms with E-state index in [1.54, 1.807) is 0 Å². The smallest absolute Gasteiger partial charge is 0.279 e. The summed E-state index contributed by atoms with van der Waals surface area (Å²) in [6, 6.07) is 11.6. The lowest BCUT2D eigenvalue weighted by Gasteiger charge is -2.14. The Kier molecular flexibility index (Phi) is 5.77. The third-order valence-electron chi connectivity index (χ3n) is 3.06. The molecule has 0 aliphatic carbocycles. The highest BCUT2D eigenvalue weighted by molar-refractivity contribution is 6.31. The van der Waals surface area contributed by atoms with Crippen LogP contribution in [0, 0.1) is 5.82 Å². The maximum Gasteiger partial charge on any atom is 0.279 e. The van der Waals surface area contributed by atoms with Gasteiger partial charge in [0, 0.05) is 16.3 Å². The van der Waals surface area contributed by atoms with Crippen LogP contribution in [0.2, 0.25) is 10.0 Å². The molecule has 0 aliphatic heterocycles. The van der Waals surface area contributed by atoms with E-state index in [2.05, 4.69) is 5.32 Å². The van der Waals surface area contributed by atoms with E-state index < -0.39 is 5.82 Å². The second kappa shape index (κ2) is 7.58. The molecule has 1 amide bonds. The van der Waals surface area contributed by atoms with Crippen LogP contribution in [0.1, 0.15) is 5.56 Å². The SMILES string of the molecule is C[NH+](CC(=O)Nc1ccc(F)c(Cl)c1)Cc1cccc(Cl)c1. The largest absolute Gasteiger partial charge is 0.326 e. The Hall–Kier alpha value is -1.62. The first-order valence-electron chi connectivity index (χ1n) is 6.74. The quantitative estimate of drug-likeness (QED) is 0.861. The summed E-state index contributed by atoms with van der Waals surface area (Å²) in [4.78, 5) is 13.0. The number of carbonyl (C=O) groups is 1. The van der Waals surface area contributed by atoms with Crippen molar-refractivity contribution in [3.05, 3.63) is 63.9 Å². The monoisotopic (exact) mass is 341 g/mol. The number of rotatable bonds is 5. The van der Waals surface area contributed by atoms with Crippen molar-refractivity contribution in [3.63, 3.8) is 0 Å². The lowest BCUT2D eigenvalue weighted by molar-refractivity contribution is -0.885. The van der Waals surface area contributed by atoms with Gasteiger partial charge in [0.15, 0.2) is 6.54 Å². The molecule has 1 unspecified atom stereocenters. The molecular formula is C16H16Cl2FN2O+. The molecule has 2 rings (SSSR count). The molecule has 0 bridgehead atoms. The van der Waals surface area contributed by atoms with Crippen LogP contribution < -0.4 is 10.2 Å². The first kappa shape index (κ1) is 16.7. The fraction of sp³-hybridized carbons (Fsp3) is 0.188. The van der Waals surface area contributed by atoms with Crippen LogP contribution in [-0.2, 0) is 11.3 Å². The van der Waals surface area contributed by atoms with Crippen molar-refractivity contribution in [2.45, 2.75) is 6.54 Å². The van der Waals surface area contributed by atoms with Crippen LogP contribution in [-0.4, -0.2) is 19.5 Å². The Labute approximate surface area is 138 Å². The third kappa shape index (κ3) is 4.98. The zero-order valence-corrected chi connectivity index (χ0v) is 13.5. The minimum atomic E-state index is -0.511. The molecule has 6 heteroatoms. The molecule has 3 nitrogen and oxygen atoms in total. The van der Waals surface area contributed by atoms with Crippen molar-refractivity contribution in [1.29, 1.82) is 0 Å². The molecule has 0 fully saturated rings. The molecule has 0 saturated carbocycles. The van der Waals surface area contributed by atoms with Crippen LogP contribution in [0.3, 0.4) is 0 Å². The van der Waals surface area contributed by atoms with Gasteiger partial charge in [-0.05, 0) is 30.3 Å². The first-order chi connectivity index (χ1) is 10.4. The van der Waals surface area contributed by atoms with Crippen LogP contribution >= 0.6 is 23.2 Å². The Bertz CT molecular complexity index is 679. The van der Waals surface area contributed by atoms with E-state index >= 15 is 0 Å². The molecule has 0 heterocycles. The molecule has 2 aromatic rings. The summed E-state index contributed by atoms with van der Waals surface area (Å²) in [7, 11) is 1.91. The Balaban J connectivity index is 1.89. The molecule has 0 radical (unpaired) electrons. The third-order valence-corrected chi connectivity index (χ3v) is 3.59. The minimum Gasteiger partial charge on any atom is -0.326 e. The molecular weight excluding hydrogens is 326 g/mol. The second-order valence-electron chi connectivity index (χ2n) is 5.12. The van der Waals surface area contributed by atoms with Gasteiger partial charge in [-0.3, -0.25) is 4.79 Å². The summed E-state index contributed by atoms with van der Waals surface area (Å²) in [6.45, 7) is 0.958. The van der Waals surface area contributed by atoms with Crippen LogP contribution in [0.15, 0.2) is 42.5 Å². The topological polar surface area (TPSA) is 33.5 Å². The number of amides is 1. The van der Waals surface area contributed by atoms with Crippen molar-refractivity contribution in [2.75, 3.05) is 18.9 Å². The molecule has 1 atom stereocenters. The van der Waals surface area contributed by atoms with Crippen LogP contribution in [0.25, 0.3) is 0 Å². The highest BCUT2D eigenvalue weighted by Crippen LogP contribution is 2.19. The van der Waals surface area contributed by atoms with E-state index in [9.17, 15) is 9.18 Å². The van der Waals surface area contributed by atoms with Gasteiger partial charge in [0.25, 0.3) is 5.91 Å². The number of nitrogens with one attached hydrogen (secondary N) is 2. The van der Waals surface area contributed by atoms with Crippen LogP contribution in [0.5, 0.6) is 0 Å². The van der Waals surface area contributed by atoms with Gasteiger partial charge in [-0.1, -0.05) is 35.3 Å². The molecule has 0 saturated heterocycles. The van der Waals surface area contributed by atoms with Gasteiger partial charge in [0.05, 0.1) is 12.1 Å². The van der Waals surface area contributed by atoms with Crippen molar-refractivity contribution in [1.82, 2.24) is 0 Å². The minimum absolute atomic E-state index is 0.0163. The van der Waals surface area contributed by atoms with Gasteiger partial charge >= 0.3 is 0 Å². The van der Waals surface area contributed by atoms with Crippen molar-refractivity contribution in [3.8, 4) is 0 Å². The zero-order chi connectivity index (χ0) is 16.1. The molecule has 0 spiro atoms. The number of quaternary nitrogens is 1. The van der Waals surface area contributed by atoms with E-state index in [0.717, 1.165) is 10.5 Å². The fourth-order valence-electron chi connectivity index (χ4n) is 2.11. The highest BCUT2D eigenvalue weighted by atomic mass is 35.5. The highest BCUT2D eigenvalue weighted by Gasteiger charge is 2.12. The maximum absolute atomic E-state index is 13.1. The predicted molar refractivity (Wildman–Crippen MR) is 86.9 cm³/mol. The predicted octanol–water partition coefficient (Wildman–Crippen LogP) is 2.79. The average Bonchev–Trinajstić information content (AvgIpc) is 2.42. The Morgan fingerprint density at radius 1 is 1.23 bits per heavy atom. The van der Waals surface area contributed by atoms with E-state index in [0.29, 0.717) is 17.3 Å². The number of halogens is 3. The van der Waals surface area contributed by atoms with Crippen molar-refractivity contribution < 1.29 is 14.1 Å². The van der Waals surface area contributed by atoms with Gasteiger partial charge in [-0.15, -0.1) is 0 Å². The van der Waals surface area contributed by atoms with Crippen molar-refractivity contribution in [2.24, 2.45) is 0 Å². The lowest BCUT2D eigenvalue weighted by Crippen LogP contribution is -3.08. The van der Waals surface area contributed by atoms with Gasteiger partial charge in [0.1, 0.15) is 12.4 Å². The number of carbonyl (C=O) groups excluding carboxylic acids is 1. The number of likely N-dealkylation sites (N-methyl/N-ethyl adjacent to an activating group) is 1. The van der Waals surface area contributed by atoms with Crippen LogP contribution in [0.4, 0.5) is 10.1 Å². The Morgan fingerprint density at radius 2 is 2.00 bits per heavy atom. The summed E-state index contributed by atoms with van der Waals surface area (Å²) < 4.78 is 13.1. The summed E-state index contributed by atoms with van der Waals surface area (Å²) in [6.07, 6.45) is 0. The normalized spacial score (nSPS) is 12.0. The number of anilines is 1. The molecule has 2 N–H and O–H groups in total. The fourth-order valence-corrected chi connectivity index (χ4v) is 2.50. The summed E-state index contributed by atoms with van der Waals surface area (Å²) in [5, 5.41) is 3.36. The molecule has 116 valence electrons. The second-order valence-corrected chi connectivity index (χ2v) is 5.96. The van der Waals surface area contributed by atoms with E-state index in [4.69, 9.17) is 23.2 Å². The van der Waals surface area contributed by atoms with Gasteiger partial charge < -0.3 is 10.2 Å². The summed E-state index contributed by atoms with van der Waals surface area (Å²) in [5.74, 6) is -0.675. The van der Waals surface area contributed by atoms with E-state index in [1.807, 2.05) is 31.3 Å². The molecule has 22 heavy (non-hydrogen) atoms. The zero-order valence-electron chi connectivity index (χ0n) is 12.0.